The van der Waals surface area contributed by atoms with Crippen LogP contribution in [0.3, 0.4) is 0 Å². The van der Waals surface area contributed by atoms with E-state index in [9.17, 15) is 8.42 Å². The minimum Gasteiger partial charge on any atom is -0.324 e. The number of nitrogens with two attached hydrogens (primary N) is 1. The third-order valence-electron chi connectivity index (χ3n) is 4.34. The standard InChI is InChI=1S/C11H12N2.C7H8O3S/c12-8-5-6-10-11(8)7-3-1-2-4-9(7)13-10;1-6-2-4-7(5-3-6)11(8,9)10/h1-4,8,10H,5-6,12H2;2-5H,1H3,(H,8,9,10). The van der Waals surface area contributed by atoms with Crippen molar-refractivity contribution in [1.29, 1.82) is 0 Å². The predicted octanol–water partition coefficient (Wildman–Crippen LogP) is 1.20. The minimum absolute atomic E-state index is 0.0666. The Labute approximate surface area is 141 Å². The van der Waals surface area contributed by atoms with E-state index in [1.165, 1.54) is 22.9 Å². The van der Waals surface area contributed by atoms with Crippen LogP contribution in [-0.2, 0) is 10.1 Å². The molecule has 6 heteroatoms. The average Bonchev–Trinajstić information content (AvgIpc) is 3.07. The van der Waals surface area contributed by atoms with Gasteiger partial charge in [-0.3, -0.25) is 9.55 Å². The first kappa shape index (κ1) is 16.8. The number of hydrogen-bond donors (Lipinski definition) is 2. The highest BCUT2D eigenvalue weighted by molar-refractivity contribution is 7.85. The number of benzene rings is 2. The van der Waals surface area contributed by atoms with Crippen molar-refractivity contribution in [2.75, 3.05) is 0 Å². The van der Waals surface area contributed by atoms with Crippen LogP contribution in [0.1, 0.15) is 18.4 Å². The van der Waals surface area contributed by atoms with Crippen molar-refractivity contribution < 1.29 is 13.0 Å². The van der Waals surface area contributed by atoms with Crippen LogP contribution >= 0.6 is 0 Å². The molecule has 3 N–H and O–H groups in total. The summed E-state index contributed by atoms with van der Waals surface area (Å²) < 4.78 is 29.6. The van der Waals surface area contributed by atoms with Crippen LogP contribution in [0.25, 0.3) is 5.57 Å². The molecule has 0 bridgehead atoms. The van der Waals surface area contributed by atoms with E-state index in [0.717, 1.165) is 23.8 Å². The highest BCUT2D eigenvalue weighted by Crippen LogP contribution is 2.27. The predicted molar refractivity (Wildman–Crippen MR) is 92.6 cm³/mol. The Kier molecular flexibility index (Phi) is 4.54. The van der Waals surface area contributed by atoms with Gasteiger partial charge in [-0.1, -0.05) is 35.9 Å². The third kappa shape index (κ3) is 3.40. The molecule has 0 aromatic heterocycles. The molecule has 126 valence electrons. The van der Waals surface area contributed by atoms with Gasteiger partial charge in [-0.25, -0.2) is 0 Å². The van der Waals surface area contributed by atoms with E-state index in [4.69, 9.17) is 10.3 Å². The van der Waals surface area contributed by atoms with E-state index >= 15 is 0 Å². The lowest BCUT2D eigenvalue weighted by atomic mass is 10.1. The summed E-state index contributed by atoms with van der Waals surface area (Å²) in [6.45, 7) is 1.84. The first-order chi connectivity index (χ1) is 11.4. The number of nitrogens with zero attached hydrogens (tertiary/aromatic N) is 1. The Morgan fingerprint density at radius 3 is 2.42 bits per heavy atom. The van der Waals surface area contributed by atoms with Crippen molar-refractivity contribution in [1.82, 2.24) is 0 Å². The van der Waals surface area contributed by atoms with Gasteiger partial charge in [0.25, 0.3) is 10.1 Å². The van der Waals surface area contributed by atoms with Gasteiger partial charge in [0.15, 0.2) is 0 Å². The number of aryl methyl sites for hydroxylation is 1. The van der Waals surface area contributed by atoms with Gasteiger partial charge in [-0.15, -0.1) is 0 Å². The lowest BCUT2D eigenvalue weighted by Crippen LogP contribution is -2.28. The average molecular weight is 344 g/mol. The maximum absolute atomic E-state index is 10.5. The highest BCUT2D eigenvalue weighted by atomic mass is 32.2. The molecule has 2 unspecified atom stereocenters. The molecule has 0 amide bonds. The van der Waals surface area contributed by atoms with Gasteiger partial charge in [-0.2, -0.15) is 8.42 Å². The zero-order valence-electron chi connectivity index (χ0n) is 13.4. The summed E-state index contributed by atoms with van der Waals surface area (Å²) in [6, 6.07) is 14.9. The van der Waals surface area contributed by atoms with Crippen molar-refractivity contribution in [3.05, 3.63) is 64.7 Å². The van der Waals surface area contributed by atoms with E-state index in [1.54, 1.807) is 12.1 Å². The fourth-order valence-corrected chi connectivity index (χ4v) is 3.60. The molecule has 0 spiro atoms. The van der Waals surface area contributed by atoms with Gasteiger partial charge < -0.3 is 5.73 Å². The quantitative estimate of drug-likeness (QED) is 0.760. The monoisotopic (exact) mass is 344 g/mol. The normalized spacial score (nSPS) is 21.4. The Hall–Kier alpha value is -2.02. The van der Waals surface area contributed by atoms with Gasteiger partial charge in [0.2, 0.25) is 0 Å². The largest absolute Gasteiger partial charge is 0.324 e. The summed E-state index contributed by atoms with van der Waals surface area (Å²) in [5.41, 5.74) is 8.36. The Morgan fingerprint density at radius 2 is 1.75 bits per heavy atom. The first-order valence-corrected chi connectivity index (χ1v) is 9.27. The number of fused-ring (bicyclic) bond motifs is 2. The SMILES string of the molecule is Cc1ccc(S(=O)(=O)O)cc1.NC1CCC2N=c3ccccc3=C12. The molecule has 0 radical (unpaired) electrons. The molecular formula is C18H20N2O3S. The molecule has 1 heterocycles. The van der Waals surface area contributed by atoms with Crippen molar-refractivity contribution in [2.45, 2.75) is 36.7 Å². The maximum atomic E-state index is 10.5. The van der Waals surface area contributed by atoms with Crippen LogP contribution in [0.15, 0.2) is 58.4 Å². The van der Waals surface area contributed by atoms with E-state index in [2.05, 4.69) is 23.2 Å². The Bertz CT molecular complexity index is 966. The second-order valence-electron chi connectivity index (χ2n) is 6.09. The van der Waals surface area contributed by atoms with Crippen LogP contribution in [-0.4, -0.2) is 25.1 Å². The molecule has 2 atom stereocenters. The summed E-state index contributed by atoms with van der Waals surface area (Å²) in [5, 5.41) is 2.43. The maximum Gasteiger partial charge on any atom is 0.294 e. The van der Waals surface area contributed by atoms with Gasteiger partial charge in [0.1, 0.15) is 0 Å². The lowest BCUT2D eigenvalue weighted by Gasteiger charge is -2.03. The molecule has 2 aromatic rings. The van der Waals surface area contributed by atoms with E-state index in [0.29, 0.717) is 6.04 Å². The van der Waals surface area contributed by atoms with Crippen LogP contribution < -0.4 is 16.3 Å². The van der Waals surface area contributed by atoms with E-state index in [1.807, 2.05) is 13.0 Å². The van der Waals surface area contributed by atoms with Crippen molar-refractivity contribution in [3.8, 4) is 0 Å². The van der Waals surface area contributed by atoms with E-state index in [-0.39, 0.29) is 10.9 Å². The number of para-hydroxylation sites is 1. The van der Waals surface area contributed by atoms with Crippen molar-refractivity contribution >= 4 is 15.7 Å². The van der Waals surface area contributed by atoms with E-state index < -0.39 is 10.1 Å². The topological polar surface area (TPSA) is 92.8 Å². The highest BCUT2D eigenvalue weighted by Gasteiger charge is 2.30. The molecule has 24 heavy (non-hydrogen) atoms. The fourth-order valence-electron chi connectivity index (χ4n) is 3.12. The molecule has 1 saturated carbocycles. The molecule has 1 aliphatic carbocycles. The van der Waals surface area contributed by atoms with Crippen molar-refractivity contribution in [2.24, 2.45) is 10.7 Å². The number of hydrogen-bond acceptors (Lipinski definition) is 4. The van der Waals surface area contributed by atoms with Gasteiger partial charge in [0.05, 0.1) is 16.3 Å². The molecule has 2 aromatic carbocycles. The Balaban J connectivity index is 0.000000144. The van der Waals surface area contributed by atoms with Crippen LogP contribution in [0, 0.1) is 6.92 Å². The second kappa shape index (κ2) is 6.47. The fraction of sp³-hybridized carbons (Fsp3) is 0.278. The molecule has 2 aliphatic rings. The molecule has 5 nitrogen and oxygen atoms in total. The van der Waals surface area contributed by atoms with Crippen molar-refractivity contribution in [3.63, 3.8) is 0 Å². The van der Waals surface area contributed by atoms with Gasteiger partial charge >= 0.3 is 0 Å². The van der Waals surface area contributed by atoms with Crippen LogP contribution in [0.5, 0.6) is 0 Å². The minimum atomic E-state index is -4.02. The summed E-state index contributed by atoms with van der Waals surface area (Å²) in [4.78, 5) is 4.58. The summed E-state index contributed by atoms with van der Waals surface area (Å²) in [7, 11) is -4.02. The molecule has 4 rings (SSSR count). The third-order valence-corrected chi connectivity index (χ3v) is 5.21. The molecule has 1 aliphatic heterocycles. The Morgan fingerprint density at radius 1 is 1.08 bits per heavy atom. The summed E-state index contributed by atoms with van der Waals surface area (Å²) in [5.74, 6) is 0. The zero-order chi connectivity index (χ0) is 17.3. The first-order valence-electron chi connectivity index (χ1n) is 7.83. The summed E-state index contributed by atoms with van der Waals surface area (Å²) in [6.07, 6.45) is 2.23. The molecular weight excluding hydrogens is 324 g/mol. The molecule has 1 fully saturated rings. The smallest absolute Gasteiger partial charge is 0.294 e. The zero-order valence-corrected chi connectivity index (χ0v) is 14.2. The number of rotatable bonds is 1. The van der Waals surface area contributed by atoms with Gasteiger partial charge in [-0.05, 0) is 43.5 Å². The lowest BCUT2D eigenvalue weighted by molar-refractivity contribution is 0.483. The summed E-state index contributed by atoms with van der Waals surface area (Å²) >= 11 is 0. The van der Waals surface area contributed by atoms with Crippen LogP contribution in [0.4, 0.5) is 0 Å². The van der Waals surface area contributed by atoms with Crippen LogP contribution in [0.2, 0.25) is 0 Å². The molecule has 0 saturated heterocycles. The van der Waals surface area contributed by atoms with Gasteiger partial charge in [0, 0.05) is 11.3 Å². The second-order valence-corrected chi connectivity index (χ2v) is 7.51.